The molecule has 0 amide bonds. The highest BCUT2D eigenvalue weighted by molar-refractivity contribution is 5.78. The van der Waals surface area contributed by atoms with Gasteiger partial charge in [0.1, 0.15) is 5.76 Å². The quantitative estimate of drug-likeness (QED) is 0.763. The van der Waals surface area contributed by atoms with E-state index in [0.29, 0.717) is 12.5 Å². The molecule has 4 rings (SSSR count). The minimum atomic E-state index is -0.334. The van der Waals surface area contributed by atoms with Crippen LogP contribution in [0.15, 0.2) is 47.0 Å². The van der Waals surface area contributed by atoms with Crippen LogP contribution in [0.1, 0.15) is 36.9 Å². The molecule has 0 unspecified atom stereocenters. The van der Waals surface area contributed by atoms with E-state index >= 15 is 0 Å². The maximum atomic E-state index is 10.5. The number of rotatable bonds is 5. The zero-order valence-corrected chi connectivity index (χ0v) is 15.3. The van der Waals surface area contributed by atoms with Gasteiger partial charge in [-0.05, 0) is 18.6 Å². The van der Waals surface area contributed by atoms with Crippen LogP contribution in [0.5, 0.6) is 0 Å². The average molecular weight is 351 g/mol. The van der Waals surface area contributed by atoms with Gasteiger partial charge in [-0.2, -0.15) is 0 Å². The summed E-state index contributed by atoms with van der Waals surface area (Å²) in [6.07, 6.45) is 0.457. The van der Waals surface area contributed by atoms with Gasteiger partial charge in [0.25, 0.3) is 0 Å². The zero-order valence-electron chi connectivity index (χ0n) is 15.3. The summed E-state index contributed by atoms with van der Waals surface area (Å²) >= 11 is 0. The van der Waals surface area contributed by atoms with Gasteiger partial charge in [0.15, 0.2) is 0 Å². The number of likely N-dealkylation sites (tertiary alicyclic amines) is 1. The van der Waals surface area contributed by atoms with Crippen LogP contribution in [-0.2, 0) is 13.0 Å². The summed E-state index contributed by atoms with van der Waals surface area (Å²) in [5, 5.41) is 15.8. The molecular weight excluding hydrogens is 326 g/mol. The summed E-state index contributed by atoms with van der Waals surface area (Å²) in [7, 11) is 0. The summed E-state index contributed by atoms with van der Waals surface area (Å²) in [6.45, 7) is 6.42. The van der Waals surface area contributed by atoms with Crippen molar-refractivity contribution < 1.29 is 9.63 Å². The Morgan fingerprint density at radius 3 is 2.81 bits per heavy atom. The van der Waals surface area contributed by atoms with E-state index in [2.05, 4.69) is 42.1 Å². The minimum absolute atomic E-state index is 0.195. The van der Waals surface area contributed by atoms with Gasteiger partial charge in [-0.1, -0.05) is 43.3 Å². The van der Waals surface area contributed by atoms with Gasteiger partial charge in [0.05, 0.1) is 17.3 Å². The van der Waals surface area contributed by atoms with Crippen LogP contribution in [0.4, 0.5) is 0 Å². The number of aliphatic hydroxyl groups excluding tert-OH is 1. The Labute approximate surface area is 153 Å². The number of para-hydroxylation sites is 1. The summed E-state index contributed by atoms with van der Waals surface area (Å²) in [4.78, 5) is 7.00. The van der Waals surface area contributed by atoms with E-state index in [9.17, 15) is 5.11 Å². The largest absolute Gasteiger partial charge is 0.391 e. The molecular formula is C21H25N3O2. The number of nitrogens with zero attached hydrogens (tertiary/aromatic N) is 3. The van der Waals surface area contributed by atoms with Crippen LogP contribution < -0.4 is 0 Å². The van der Waals surface area contributed by atoms with E-state index in [4.69, 9.17) is 9.51 Å². The van der Waals surface area contributed by atoms with Crippen LogP contribution >= 0.6 is 0 Å². The number of benzene rings is 1. The lowest BCUT2D eigenvalue weighted by Gasteiger charge is -2.14. The van der Waals surface area contributed by atoms with Crippen molar-refractivity contribution in [3.05, 3.63) is 59.6 Å². The lowest BCUT2D eigenvalue weighted by Crippen LogP contribution is -2.21. The van der Waals surface area contributed by atoms with Gasteiger partial charge >= 0.3 is 0 Å². The number of β-amino-alcohol motifs (C(OH)–C–C–N with tert-alkyl or cyclic N) is 1. The highest BCUT2D eigenvalue weighted by Crippen LogP contribution is 2.24. The first kappa shape index (κ1) is 17.2. The minimum Gasteiger partial charge on any atom is -0.391 e. The zero-order chi connectivity index (χ0) is 18.1. The van der Waals surface area contributed by atoms with E-state index in [-0.39, 0.29) is 12.0 Å². The second-order valence-corrected chi connectivity index (χ2v) is 7.60. The third-order valence-corrected chi connectivity index (χ3v) is 5.14. The van der Waals surface area contributed by atoms with Crippen LogP contribution in [0.3, 0.4) is 0 Å². The Balaban J connectivity index is 1.41. The van der Waals surface area contributed by atoms with Gasteiger partial charge in [0, 0.05) is 48.6 Å². The summed E-state index contributed by atoms with van der Waals surface area (Å²) in [5.74, 6) is 1.45. The Morgan fingerprint density at radius 1 is 1.15 bits per heavy atom. The third kappa shape index (κ3) is 3.64. The van der Waals surface area contributed by atoms with Crippen molar-refractivity contribution in [2.24, 2.45) is 5.92 Å². The molecule has 1 fully saturated rings. The fourth-order valence-electron chi connectivity index (χ4n) is 3.67. The first-order valence-corrected chi connectivity index (χ1v) is 9.29. The highest BCUT2D eigenvalue weighted by atomic mass is 16.5. The molecule has 26 heavy (non-hydrogen) atoms. The van der Waals surface area contributed by atoms with Gasteiger partial charge in [-0.15, -0.1) is 0 Å². The van der Waals surface area contributed by atoms with E-state index in [1.165, 1.54) is 0 Å². The lowest BCUT2D eigenvalue weighted by atomic mass is 9.99. The molecule has 1 saturated heterocycles. The molecule has 1 aliphatic heterocycles. The van der Waals surface area contributed by atoms with Crippen molar-refractivity contribution in [2.45, 2.75) is 38.8 Å². The monoisotopic (exact) mass is 351 g/mol. The molecule has 0 bridgehead atoms. The first-order chi connectivity index (χ1) is 12.6. The number of hydrogen-bond donors (Lipinski definition) is 1. The smallest absolute Gasteiger partial charge is 0.139 e. The van der Waals surface area contributed by atoms with E-state index in [1.807, 2.05) is 24.3 Å². The molecule has 1 N–H and O–H groups in total. The first-order valence-electron chi connectivity index (χ1n) is 9.29. The van der Waals surface area contributed by atoms with E-state index in [1.54, 1.807) is 0 Å². The SMILES string of the molecule is CC(C)c1cc(CN2C[C@@H](Cc3ccc4ccccc4n3)[C@H](O)C2)no1. The van der Waals surface area contributed by atoms with E-state index < -0.39 is 0 Å². The second kappa shape index (κ2) is 7.17. The normalized spacial score (nSPS) is 21.1. The molecule has 3 aromatic rings. The molecule has 5 nitrogen and oxygen atoms in total. The van der Waals surface area contributed by atoms with Crippen molar-refractivity contribution in [2.75, 3.05) is 13.1 Å². The molecule has 136 valence electrons. The van der Waals surface area contributed by atoms with Crippen molar-refractivity contribution >= 4 is 10.9 Å². The average Bonchev–Trinajstić information content (AvgIpc) is 3.22. The van der Waals surface area contributed by atoms with Gasteiger partial charge in [-0.25, -0.2) is 0 Å². The van der Waals surface area contributed by atoms with Crippen LogP contribution in [0.2, 0.25) is 0 Å². The Hall–Kier alpha value is -2.24. The predicted molar refractivity (Wildman–Crippen MR) is 101 cm³/mol. The fraction of sp³-hybridized carbons (Fsp3) is 0.429. The van der Waals surface area contributed by atoms with Crippen molar-refractivity contribution in [1.82, 2.24) is 15.0 Å². The molecule has 2 atom stereocenters. The molecule has 0 radical (unpaired) electrons. The number of aromatic nitrogens is 2. The summed E-state index contributed by atoms with van der Waals surface area (Å²) in [6, 6.07) is 14.3. The number of hydrogen-bond acceptors (Lipinski definition) is 5. The lowest BCUT2D eigenvalue weighted by molar-refractivity contribution is 0.140. The molecule has 2 aromatic heterocycles. The van der Waals surface area contributed by atoms with E-state index in [0.717, 1.165) is 47.6 Å². The molecule has 0 aliphatic carbocycles. The van der Waals surface area contributed by atoms with Gasteiger partial charge in [0.2, 0.25) is 0 Å². The molecule has 0 saturated carbocycles. The fourth-order valence-corrected chi connectivity index (χ4v) is 3.67. The van der Waals surface area contributed by atoms with Gasteiger partial charge < -0.3 is 9.63 Å². The molecule has 1 aromatic carbocycles. The summed E-state index contributed by atoms with van der Waals surface area (Å²) in [5.41, 5.74) is 2.99. The standard InChI is InChI=1S/C21H25N3O2/c1-14(2)21-10-18(23-26-21)12-24-11-16(20(25)13-24)9-17-8-7-15-5-3-4-6-19(15)22-17/h3-8,10,14,16,20,25H,9,11-13H2,1-2H3/t16-,20-/m1/s1. The maximum Gasteiger partial charge on any atom is 0.139 e. The Morgan fingerprint density at radius 2 is 2.00 bits per heavy atom. The number of fused-ring (bicyclic) bond motifs is 1. The number of pyridine rings is 1. The predicted octanol–water partition coefficient (Wildman–Crippen LogP) is 3.38. The van der Waals surface area contributed by atoms with Crippen molar-refractivity contribution in [3.8, 4) is 0 Å². The number of aliphatic hydroxyl groups is 1. The molecule has 5 heteroatoms. The van der Waals surface area contributed by atoms with Crippen molar-refractivity contribution in [3.63, 3.8) is 0 Å². The van der Waals surface area contributed by atoms with Crippen LogP contribution in [-0.4, -0.2) is 39.3 Å². The molecule has 0 spiro atoms. The van der Waals surface area contributed by atoms with Crippen LogP contribution in [0, 0.1) is 5.92 Å². The highest BCUT2D eigenvalue weighted by Gasteiger charge is 2.32. The van der Waals surface area contributed by atoms with Crippen molar-refractivity contribution in [1.29, 1.82) is 0 Å². The summed E-state index contributed by atoms with van der Waals surface area (Å²) < 4.78 is 5.38. The second-order valence-electron chi connectivity index (χ2n) is 7.60. The topological polar surface area (TPSA) is 62.4 Å². The van der Waals surface area contributed by atoms with Gasteiger partial charge in [-0.3, -0.25) is 9.88 Å². The third-order valence-electron chi connectivity index (χ3n) is 5.14. The molecule has 1 aliphatic rings. The maximum absolute atomic E-state index is 10.5. The molecule has 3 heterocycles. The van der Waals surface area contributed by atoms with Crippen LogP contribution in [0.25, 0.3) is 10.9 Å². The Kier molecular flexibility index (Phi) is 4.74. The Bertz CT molecular complexity index is 890.